The Kier molecular flexibility index (Phi) is 4.10. The lowest BCUT2D eigenvalue weighted by Crippen LogP contribution is -2.22. The first kappa shape index (κ1) is 14.5. The number of nitro groups is 1. The molecule has 0 spiro atoms. The smallest absolute Gasteiger partial charge is 0.421 e. The van der Waals surface area contributed by atoms with E-state index in [1.54, 1.807) is 0 Å². The fourth-order valence-corrected chi connectivity index (χ4v) is 2.18. The molecule has 5 nitrogen and oxygen atoms in total. The molecule has 0 saturated heterocycles. The van der Waals surface area contributed by atoms with Gasteiger partial charge >= 0.3 is 6.18 Å². The third-order valence-corrected chi connectivity index (χ3v) is 3.18. The Morgan fingerprint density at radius 1 is 1.30 bits per heavy atom. The minimum absolute atomic E-state index is 0.307. The predicted molar refractivity (Wildman–Crippen MR) is 63.4 cm³/mol. The van der Waals surface area contributed by atoms with Gasteiger partial charge in [-0.05, 0) is 25.7 Å². The maximum absolute atomic E-state index is 12.9. The normalized spacial score (nSPS) is 16.9. The van der Waals surface area contributed by atoms with Crippen molar-refractivity contribution in [3.05, 3.63) is 27.9 Å². The van der Waals surface area contributed by atoms with Gasteiger partial charge in [0.25, 0.3) is 5.69 Å². The maximum Gasteiger partial charge on any atom is 0.421 e. The minimum atomic E-state index is -4.73. The zero-order valence-corrected chi connectivity index (χ0v) is 10.5. The van der Waals surface area contributed by atoms with E-state index in [2.05, 4.69) is 4.98 Å². The highest BCUT2D eigenvalue weighted by molar-refractivity contribution is 5.39. The summed E-state index contributed by atoms with van der Waals surface area (Å²) in [6.07, 6.45) is -0.0566. The molecule has 1 aromatic rings. The van der Waals surface area contributed by atoms with E-state index in [1.165, 1.54) is 0 Å². The van der Waals surface area contributed by atoms with E-state index in [-0.39, 0.29) is 6.10 Å². The van der Waals surface area contributed by atoms with Gasteiger partial charge in [0.05, 0.1) is 4.92 Å². The van der Waals surface area contributed by atoms with Crippen LogP contribution in [0.5, 0.6) is 5.88 Å². The number of aromatic nitrogens is 1. The molecule has 1 aromatic heterocycles. The van der Waals surface area contributed by atoms with Gasteiger partial charge in [-0.2, -0.15) is 13.2 Å². The number of ether oxygens (including phenoxy) is 1. The van der Waals surface area contributed by atoms with Crippen molar-refractivity contribution in [2.75, 3.05) is 0 Å². The van der Waals surface area contributed by atoms with E-state index < -0.39 is 28.2 Å². The molecule has 20 heavy (non-hydrogen) atoms. The summed E-state index contributed by atoms with van der Waals surface area (Å²) in [5, 5.41) is 10.5. The molecule has 0 N–H and O–H groups in total. The summed E-state index contributed by atoms with van der Waals surface area (Å²) in [4.78, 5) is 13.1. The Morgan fingerprint density at radius 3 is 2.50 bits per heavy atom. The molecule has 1 aliphatic rings. The van der Waals surface area contributed by atoms with Crippen LogP contribution in [0.25, 0.3) is 0 Å². The summed E-state index contributed by atoms with van der Waals surface area (Å²) in [6.45, 7) is 0. The number of halogens is 3. The van der Waals surface area contributed by atoms with Gasteiger partial charge in [-0.25, -0.2) is 4.98 Å². The van der Waals surface area contributed by atoms with E-state index in [0.717, 1.165) is 25.5 Å². The van der Waals surface area contributed by atoms with Crippen LogP contribution in [0.15, 0.2) is 12.3 Å². The maximum atomic E-state index is 12.9. The van der Waals surface area contributed by atoms with Crippen molar-refractivity contribution in [3.8, 4) is 5.88 Å². The van der Waals surface area contributed by atoms with Crippen LogP contribution in [0.3, 0.4) is 0 Å². The molecule has 0 atom stereocenters. The molecule has 1 heterocycles. The SMILES string of the molecule is O=[N+]([O-])c1cnc(OC2CCCCC2)c(C(F)(F)F)c1. The van der Waals surface area contributed by atoms with Gasteiger partial charge < -0.3 is 4.74 Å². The van der Waals surface area contributed by atoms with Crippen molar-refractivity contribution in [1.82, 2.24) is 4.98 Å². The Bertz CT molecular complexity index is 499. The second-order valence-corrected chi connectivity index (χ2v) is 4.68. The topological polar surface area (TPSA) is 65.3 Å². The van der Waals surface area contributed by atoms with E-state index in [9.17, 15) is 23.3 Å². The largest absolute Gasteiger partial charge is 0.474 e. The monoisotopic (exact) mass is 290 g/mol. The molecule has 1 aliphatic carbocycles. The molecule has 110 valence electrons. The summed E-state index contributed by atoms with van der Waals surface area (Å²) in [5.74, 6) is -0.574. The van der Waals surface area contributed by atoms with Crippen molar-refractivity contribution >= 4 is 5.69 Å². The summed E-state index contributed by atoms with van der Waals surface area (Å²) < 4.78 is 44.0. The molecule has 0 aliphatic heterocycles. The lowest BCUT2D eigenvalue weighted by molar-refractivity contribution is -0.385. The lowest BCUT2D eigenvalue weighted by Gasteiger charge is -2.23. The molecule has 2 rings (SSSR count). The van der Waals surface area contributed by atoms with Crippen molar-refractivity contribution < 1.29 is 22.8 Å². The van der Waals surface area contributed by atoms with Crippen LogP contribution in [0.2, 0.25) is 0 Å². The predicted octanol–water partition coefficient (Wildman–Crippen LogP) is 3.72. The third-order valence-electron chi connectivity index (χ3n) is 3.18. The number of hydrogen-bond donors (Lipinski definition) is 0. The van der Waals surface area contributed by atoms with Crippen LogP contribution in [0.1, 0.15) is 37.7 Å². The molecule has 0 aromatic carbocycles. The molecule has 0 radical (unpaired) electrons. The van der Waals surface area contributed by atoms with Gasteiger partial charge in [0.15, 0.2) is 0 Å². The zero-order valence-electron chi connectivity index (χ0n) is 10.5. The summed E-state index contributed by atoms with van der Waals surface area (Å²) in [7, 11) is 0. The van der Waals surface area contributed by atoms with Crippen LogP contribution < -0.4 is 4.74 Å². The van der Waals surface area contributed by atoms with Gasteiger partial charge in [0.1, 0.15) is 17.9 Å². The Balaban J connectivity index is 2.28. The average Bonchev–Trinajstić information content (AvgIpc) is 2.39. The first-order chi connectivity index (χ1) is 9.38. The van der Waals surface area contributed by atoms with Gasteiger partial charge in [-0.3, -0.25) is 10.1 Å². The highest BCUT2D eigenvalue weighted by atomic mass is 19.4. The first-order valence-electron chi connectivity index (χ1n) is 6.26. The van der Waals surface area contributed by atoms with Crippen molar-refractivity contribution in [1.29, 1.82) is 0 Å². The van der Waals surface area contributed by atoms with E-state index in [4.69, 9.17) is 4.74 Å². The van der Waals surface area contributed by atoms with Crippen molar-refractivity contribution in [3.63, 3.8) is 0 Å². The molecule has 1 fully saturated rings. The van der Waals surface area contributed by atoms with Crippen LogP contribution in [0.4, 0.5) is 18.9 Å². The second kappa shape index (κ2) is 5.64. The van der Waals surface area contributed by atoms with Crippen LogP contribution in [0, 0.1) is 10.1 Å². The zero-order chi connectivity index (χ0) is 14.8. The van der Waals surface area contributed by atoms with Crippen LogP contribution >= 0.6 is 0 Å². The molecule has 0 amide bonds. The number of alkyl halides is 3. The summed E-state index contributed by atoms with van der Waals surface area (Å²) in [5.41, 5.74) is -1.90. The molecule has 0 bridgehead atoms. The van der Waals surface area contributed by atoms with Crippen LogP contribution in [-0.4, -0.2) is 16.0 Å². The third kappa shape index (κ3) is 3.37. The minimum Gasteiger partial charge on any atom is -0.474 e. The van der Waals surface area contributed by atoms with Crippen molar-refractivity contribution in [2.24, 2.45) is 0 Å². The number of hydrogen-bond acceptors (Lipinski definition) is 4. The first-order valence-corrected chi connectivity index (χ1v) is 6.26. The number of rotatable bonds is 3. The summed E-state index contributed by atoms with van der Waals surface area (Å²) >= 11 is 0. The fourth-order valence-electron chi connectivity index (χ4n) is 2.18. The number of pyridine rings is 1. The molecular formula is C12H13F3N2O3. The number of nitrogens with zero attached hydrogens (tertiary/aromatic N) is 2. The second-order valence-electron chi connectivity index (χ2n) is 4.68. The van der Waals surface area contributed by atoms with Crippen molar-refractivity contribution in [2.45, 2.75) is 44.4 Å². The lowest BCUT2D eigenvalue weighted by atomic mass is 9.98. The van der Waals surface area contributed by atoms with E-state index in [0.29, 0.717) is 18.9 Å². The van der Waals surface area contributed by atoms with Gasteiger partial charge in [-0.1, -0.05) is 6.42 Å². The molecule has 0 unspecified atom stereocenters. The fraction of sp³-hybridized carbons (Fsp3) is 0.583. The van der Waals surface area contributed by atoms with Crippen LogP contribution in [-0.2, 0) is 6.18 Å². The quantitative estimate of drug-likeness (QED) is 0.628. The standard InChI is InChI=1S/C12H13F3N2O3/c13-12(14,15)10-6-8(17(18)19)7-16-11(10)20-9-4-2-1-3-5-9/h6-7,9H,1-5H2. The molecule has 8 heteroatoms. The highest BCUT2D eigenvalue weighted by Crippen LogP contribution is 2.38. The van der Waals surface area contributed by atoms with E-state index in [1.807, 2.05) is 0 Å². The Morgan fingerprint density at radius 2 is 1.95 bits per heavy atom. The molecular weight excluding hydrogens is 277 g/mol. The van der Waals surface area contributed by atoms with Gasteiger partial charge in [0, 0.05) is 6.07 Å². The Labute approximate surface area is 112 Å². The molecule has 1 saturated carbocycles. The Hall–Kier alpha value is -1.86. The van der Waals surface area contributed by atoms with Gasteiger partial charge in [-0.15, -0.1) is 0 Å². The average molecular weight is 290 g/mol. The van der Waals surface area contributed by atoms with Gasteiger partial charge in [0.2, 0.25) is 5.88 Å². The highest BCUT2D eigenvalue weighted by Gasteiger charge is 2.37. The van der Waals surface area contributed by atoms with E-state index >= 15 is 0 Å². The summed E-state index contributed by atoms with van der Waals surface area (Å²) in [6, 6.07) is 0.463.